The first kappa shape index (κ1) is 15.2. The number of carboxylic acid groups (broad SMARTS) is 1. The number of ketones is 1. The van der Waals surface area contributed by atoms with Crippen molar-refractivity contribution in [1.82, 2.24) is 4.98 Å². The maximum Gasteiger partial charge on any atom is 0.303 e. The number of hydrogen-bond donors (Lipinski definition) is 2. The van der Waals surface area contributed by atoms with Gasteiger partial charge in [0, 0.05) is 39.7 Å². The highest BCUT2D eigenvalue weighted by molar-refractivity contribution is 6.00. The molecule has 1 aromatic carbocycles. The molecule has 1 aliphatic rings. The Hall–Kier alpha value is -2.69. The maximum atomic E-state index is 12.2. The second kappa shape index (κ2) is 5.50. The quantitative estimate of drug-likeness (QED) is 0.849. The Labute approximate surface area is 133 Å². The standard InChI is InChI=1S/C18H18N2O3/c1-18(2)7-8-19-17-13(10-18)12-9-11(3-4-14(12)20-17)15(21)5-6-16(22)23/h3-4,7-10H,5-6H2,1-2H3,(H,19,20)(H,22,23). The summed E-state index contributed by atoms with van der Waals surface area (Å²) in [5.74, 6) is -1.12. The summed E-state index contributed by atoms with van der Waals surface area (Å²) < 4.78 is 0. The van der Waals surface area contributed by atoms with E-state index in [0.29, 0.717) is 5.56 Å². The minimum absolute atomic E-state index is 0.00852. The van der Waals surface area contributed by atoms with E-state index in [0.717, 1.165) is 21.6 Å². The van der Waals surface area contributed by atoms with E-state index >= 15 is 0 Å². The zero-order valence-corrected chi connectivity index (χ0v) is 13.1. The van der Waals surface area contributed by atoms with Crippen molar-refractivity contribution in [3.05, 3.63) is 46.7 Å². The Morgan fingerprint density at radius 1 is 1.26 bits per heavy atom. The number of allylic oxidation sites excluding steroid dienone is 1. The summed E-state index contributed by atoms with van der Waals surface area (Å²) in [6.45, 7) is 4.18. The van der Waals surface area contributed by atoms with E-state index < -0.39 is 5.97 Å². The van der Waals surface area contributed by atoms with Crippen LogP contribution in [0.5, 0.6) is 0 Å². The van der Waals surface area contributed by atoms with E-state index in [1.807, 2.05) is 18.2 Å². The molecular formula is C18H18N2O3. The molecule has 0 fully saturated rings. The number of aliphatic carboxylic acids is 1. The number of carbonyl (C=O) groups is 2. The second-order valence-corrected chi connectivity index (χ2v) is 6.38. The molecule has 0 spiro atoms. The highest BCUT2D eigenvalue weighted by atomic mass is 16.4. The van der Waals surface area contributed by atoms with Crippen molar-refractivity contribution in [2.75, 3.05) is 0 Å². The van der Waals surface area contributed by atoms with E-state index in [-0.39, 0.29) is 24.0 Å². The minimum Gasteiger partial charge on any atom is -0.481 e. The van der Waals surface area contributed by atoms with Crippen LogP contribution in [0.1, 0.15) is 37.0 Å². The number of nitrogens with zero attached hydrogens (tertiary/aromatic N) is 1. The molecule has 5 nitrogen and oxygen atoms in total. The number of aromatic nitrogens is 1. The van der Waals surface area contributed by atoms with Gasteiger partial charge in [-0.1, -0.05) is 26.0 Å². The fraction of sp³-hybridized carbons (Fsp3) is 0.278. The van der Waals surface area contributed by atoms with E-state index in [1.54, 1.807) is 12.3 Å². The lowest BCUT2D eigenvalue weighted by atomic mass is 9.92. The Kier molecular flexibility index (Phi) is 3.64. The molecule has 0 unspecified atom stereocenters. The van der Waals surface area contributed by atoms with E-state index in [2.05, 4.69) is 29.9 Å². The summed E-state index contributed by atoms with van der Waals surface area (Å²) in [6.07, 6.45) is 5.79. The van der Waals surface area contributed by atoms with Crippen LogP contribution in [0, 0.1) is 5.41 Å². The van der Waals surface area contributed by atoms with Gasteiger partial charge in [-0.3, -0.25) is 9.59 Å². The van der Waals surface area contributed by atoms with Crippen LogP contribution in [0.4, 0.5) is 0 Å². The molecule has 1 aliphatic heterocycles. The lowest BCUT2D eigenvalue weighted by molar-refractivity contribution is -0.136. The number of benzene rings is 1. The molecule has 2 heterocycles. The number of H-pyrrole nitrogens is 1. The molecule has 0 amide bonds. The number of fused-ring (bicyclic) bond motifs is 3. The molecule has 118 valence electrons. The van der Waals surface area contributed by atoms with Crippen molar-refractivity contribution in [2.45, 2.75) is 26.7 Å². The van der Waals surface area contributed by atoms with Crippen LogP contribution in [0.3, 0.4) is 0 Å². The molecule has 0 bridgehead atoms. The molecule has 0 aliphatic carbocycles. The predicted octanol–water partition coefficient (Wildman–Crippen LogP) is 2.17. The van der Waals surface area contributed by atoms with Crippen molar-refractivity contribution in [2.24, 2.45) is 10.4 Å². The highest BCUT2D eigenvalue weighted by Crippen LogP contribution is 2.21. The average Bonchev–Trinajstić information content (AvgIpc) is 2.72. The van der Waals surface area contributed by atoms with Gasteiger partial charge in [-0.25, -0.2) is 4.99 Å². The van der Waals surface area contributed by atoms with Gasteiger partial charge in [-0.2, -0.15) is 0 Å². The zero-order valence-electron chi connectivity index (χ0n) is 13.1. The zero-order chi connectivity index (χ0) is 16.6. The van der Waals surface area contributed by atoms with Gasteiger partial charge in [0.1, 0.15) is 5.49 Å². The molecule has 0 atom stereocenters. The largest absolute Gasteiger partial charge is 0.481 e. The van der Waals surface area contributed by atoms with Crippen molar-refractivity contribution in [1.29, 1.82) is 0 Å². The number of rotatable bonds is 4. The third-order valence-corrected chi connectivity index (χ3v) is 3.93. The fourth-order valence-corrected chi connectivity index (χ4v) is 2.71. The Balaban J connectivity index is 2.11. The monoisotopic (exact) mass is 310 g/mol. The lowest BCUT2D eigenvalue weighted by Gasteiger charge is -2.12. The van der Waals surface area contributed by atoms with Gasteiger partial charge in [-0.15, -0.1) is 0 Å². The van der Waals surface area contributed by atoms with Crippen LogP contribution in [0.15, 0.2) is 35.5 Å². The summed E-state index contributed by atoms with van der Waals surface area (Å²) in [6, 6.07) is 5.39. The van der Waals surface area contributed by atoms with Crippen LogP contribution in [0.2, 0.25) is 0 Å². The first-order chi connectivity index (χ1) is 10.9. The third kappa shape index (κ3) is 3.08. The van der Waals surface area contributed by atoms with Crippen LogP contribution >= 0.6 is 0 Å². The Bertz CT molecular complexity index is 949. The van der Waals surface area contributed by atoms with E-state index in [4.69, 9.17) is 5.11 Å². The van der Waals surface area contributed by atoms with Gasteiger partial charge in [0.2, 0.25) is 0 Å². The number of hydrogen-bond acceptors (Lipinski definition) is 3. The van der Waals surface area contributed by atoms with Crippen molar-refractivity contribution in [3.8, 4) is 0 Å². The van der Waals surface area contributed by atoms with Gasteiger partial charge in [0.05, 0.1) is 6.42 Å². The molecular weight excluding hydrogens is 292 g/mol. The molecule has 3 rings (SSSR count). The van der Waals surface area contributed by atoms with Gasteiger partial charge in [-0.05, 0) is 18.2 Å². The van der Waals surface area contributed by atoms with Gasteiger partial charge < -0.3 is 10.1 Å². The number of nitrogens with one attached hydrogen (secondary N) is 1. The summed E-state index contributed by atoms with van der Waals surface area (Å²) in [5.41, 5.74) is 2.09. The first-order valence-electron chi connectivity index (χ1n) is 7.51. The number of carboxylic acids is 1. The molecule has 1 aromatic heterocycles. The van der Waals surface area contributed by atoms with E-state index in [9.17, 15) is 9.59 Å². The smallest absolute Gasteiger partial charge is 0.303 e. The van der Waals surface area contributed by atoms with Crippen LogP contribution in [-0.4, -0.2) is 21.8 Å². The Morgan fingerprint density at radius 3 is 2.78 bits per heavy atom. The number of Topliss-reactive ketones (excluding diaryl/α,β-unsaturated/α-hetero) is 1. The van der Waals surface area contributed by atoms with Gasteiger partial charge >= 0.3 is 5.97 Å². The molecule has 2 aromatic rings. The topological polar surface area (TPSA) is 82.5 Å². The summed E-state index contributed by atoms with van der Waals surface area (Å²) in [5, 5.41) is 10.6. The lowest BCUT2D eigenvalue weighted by Crippen LogP contribution is -2.24. The van der Waals surface area contributed by atoms with Crippen LogP contribution in [-0.2, 0) is 4.79 Å². The number of carbonyl (C=O) groups excluding carboxylic acids is 1. The first-order valence-corrected chi connectivity index (χ1v) is 7.51. The predicted molar refractivity (Wildman–Crippen MR) is 87.7 cm³/mol. The maximum absolute atomic E-state index is 12.2. The molecule has 5 heteroatoms. The van der Waals surface area contributed by atoms with Crippen molar-refractivity contribution in [3.63, 3.8) is 0 Å². The van der Waals surface area contributed by atoms with Crippen LogP contribution in [0.25, 0.3) is 17.0 Å². The number of aromatic amines is 1. The minimum atomic E-state index is -0.963. The van der Waals surface area contributed by atoms with Crippen LogP contribution < -0.4 is 10.7 Å². The van der Waals surface area contributed by atoms with Crippen molar-refractivity contribution >= 4 is 28.7 Å². The normalized spacial score (nSPS) is 15.4. The molecule has 23 heavy (non-hydrogen) atoms. The van der Waals surface area contributed by atoms with E-state index in [1.165, 1.54) is 0 Å². The third-order valence-electron chi connectivity index (χ3n) is 3.93. The SMILES string of the molecule is CC1(C)C=CN=c2[nH]c3ccc(C(=O)CCC(=O)O)cc3c2=C1. The summed E-state index contributed by atoms with van der Waals surface area (Å²) in [4.78, 5) is 30.5. The summed E-state index contributed by atoms with van der Waals surface area (Å²) in [7, 11) is 0. The second-order valence-electron chi connectivity index (χ2n) is 6.38. The molecule has 2 N–H and O–H groups in total. The molecule has 0 saturated heterocycles. The van der Waals surface area contributed by atoms with Gasteiger partial charge in [0.25, 0.3) is 0 Å². The highest BCUT2D eigenvalue weighted by Gasteiger charge is 2.15. The fourth-order valence-electron chi connectivity index (χ4n) is 2.71. The average molecular weight is 310 g/mol. The van der Waals surface area contributed by atoms with Gasteiger partial charge in [0.15, 0.2) is 5.78 Å². The molecule has 0 radical (unpaired) electrons. The van der Waals surface area contributed by atoms with Crippen molar-refractivity contribution < 1.29 is 14.7 Å². The Morgan fingerprint density at radius 2 is 2.04 bits per heavy atom. The summed E-state index contributed by atoms with van der Waals surface area (Å²) >= 11 is 0. The molecule has 0 saturated carbocycles.